The molecule has 97 heavy (non-hydrogen) atoms. The molecule has 0 N–H and O–H groups in total. The normalized spacial score (nSPS) is 12.9. The molecule has 0 bridgehead atoms. The van der Waals surface area contributed by atoms with Crippen LogP contribution in [0.5, 0.6) is 11.5 Å². The van der Waals surface area contributed by atoms with Gasteiger partial charge in [-0.25, -0.2) is 0 Å². The lowest BCUT2D eigenvalue weighted by Crippen LogP contribution is -2.61. The third-order valence-electron chi connectivity index (χ3n) is 20.3. The van der Waals surface area contributed by atoms with Crippen LogP contribution in [0.4, 0.5) is 34.1 Å². The van der Waals surface area contributed by atoms with Crippen molar-refractivity contribution in [2.45, 2.75) is 19.3 Å². The van der Waals surface area contributed by atoms with Gasteiger partial charge in [-0.15, -0.1) is 0 Å². The zero-order valence-electron chi connectivity index (χ0n) is 53.9. The third kappa shape index (κ3) is 9.74. The molecule has 3 nitrogen and oxygen atoms in total. The summed E-state index contributed by atoms with van der Waals surface area (Å²) in [5, 5.41) is 0. The molecular formula is C93H65BN2O. The number of hydrogen-bond donors (Lipinski definition) is 0. The van der Waals surface area contributed by atoms with Crippen molar-refractivity contribution in [2.24, 2.45) is 0 Å². The van der Waals surface area contributed by atoms with E-state index in [1.54, 1.807) is 0 Å². The lowest BCUT2D eigenvalue weighted by Gasteiger charge is -2.46. The fourth-order valence-corrected chi connectivity index (χ4v) is 15.8. The van der Waals surface area contributed by atoms with Crippen molar-refractivity contribution in [3.05, 3.63) is 369 Å². The number of ether oxygens (including phenoxy) is 1. The molecule has 0 aliphatic carbocycles. The van der Waals surface area contributed by atoms with Crippen molar-refractivity contribution >= 4 is 57.2 Å². The van der Waals surface area contributed by atoms with E-state index in [4.69, 9.17) is 4.74 Å². The molecule has 0 spiro atoms. The Morgan fingerprint density at radius 2 is 0.546 bits per heavy atom. The van der Waals surface area contributed by atoms with Crippen LogP contribution in [0.25, 0.3) is 100 Å². The van der Waals surface area contributed by atoms with Crippen LogP contribution in [-0.2, 0) is 5.41 Å². The van der Waals surface area contributed by atoms with Crippen molar-refractivity contribution in [1.82, 2.24) is 0 Å². The van der Waals surface area contributed by atoms with E-state index in [1.807, 2.05) is 0 Å². The van der Waals surface area contributed by atoms with Gasteiger partial charge in [-0.2, -0.15) is 0 Å². The van der Waals surface area contributed by atoms with E-state index in [1.165, 1.54) is 55.3 Å². The predicted molar refractivity (Wildman–Crippen MR) is 408 cm³/mol. The predicted octanol–water partition coefficient (Wildman–Crippen LogP) is 23.2. The van der Waals surface area contributed by atoms with Crippen LogP contribution in [0.1, 0.15) is 25.0 Å². The standard InChI is InChI=1S/C93H65BN2O/c1-93(2)80-49-25-26-50-88(80)97-89-56-53-68(57-81(89)93)71-60-86-90-87(61-71)96(92-78(66-37-17-7-18-38-66)47-28-48-79(92)67-39-19-8-20-40-67)85-59-70(75-44-24-22-42-73(75)63-31-11-4-12-32-63)52-55-83(85)94(90)82-54-51-69(74-43-23-21-41-72(74)62-29-9-3-10-30-62)58-84(82)95(86)91-76(64-33-13-5-14-34-64)45-27-46-77(91)65-35-15-6-16-36-65/h3-61H,1-2H3. The van der Waals surface area contributed by atoms with Crippen molar-refractivity contribution in [3.8, 4) is 112 Å². The molecule has 4 heteroatoms. The Hall–Kier alpha value is -12.2. The summed E-state index contributed by atoms with van der Waals surface area (Å²) >= 11 is 0. The second-order valence-electron chi connectivity index (χ2n) is 26.2. The van der Waals surface area contributed by atoms with Gasteiger partial charge in [0.15, 0.2) is 0 Å². The highest BCUT2D eigenvalue weighted by atomic mass is 16.5. The summed E-state index contributed by atoms with van der Waals surface area (Å²) in [4.78, 5) is 5.34. The molecular weight excluding hydrogens is 1170 g/mol. The Kier molecular flexibility index (Phi) is 14.0. The lowest BCUT2D eigenvalue weighted by atomic mass is 9.33. The molecule has 0 amide bonds. The van der Waals surface area contributed by atoms with E-state index in [0.717, 1.165) is 118 Å². The minimum Gasteiger partial charge on any atom is -0.457 e. The molecule has 0 saturated carbocycles. The van der Waals surface area contributed by atoms with E-state index in [2.05, 4.69) is 382 Å². The smallest absolute Gasteiger partial charge is 0.252 e. The Bertz CT molecular complexity index is 5120. The van der Waals surface area contributed by atoms with E-state index in [9.17, 15) is 0 Å². The molecule has 0 aromatic heterocycles. The fourth-order valence-electron chi connectivity index (χ4n) is 15.8. The maximum absolute atomic E-state index is 6.86. The molecule has 0 radical (unpaired) electrons. The Labute approximate surface area is 568 Å². The van der Waals surface area contributed by atoms with E-state index in [-0.39, 0.29) is 12.1 Å². The monoisotopic (exact) mass is 1240 g/mol. The Balaban J connectivity index is 1.01. The number of nitrogens with zero attached hydrogens (tertiary/aromatic N) is 2. The molecule has 0 unspecified atom stereocenters. The van der Waals surface area contributed by atoms with Gasteiger partial charge in [0.1, 0.15) is 11.5 Å². The van der Waals surface area contributed by atoms with Crippen molar-refractivity contribution in [1.29, 1.82) is 0 Å². The van der Waals surface area contributed by atoms with Crippen LogP contribution in [0.3, 0.4) is 0 Å². The van der Waals surface area contributed by atoms with Gasteiger partial charge < -0.3 is 14.5 Å². The van der Waals surface area contributed by atoms with Crippen molar-refractivity contribution in [3.63, 3.8) is 0 Å². The van der Waals surface area contributed by atoms with Gasteiger partial charge in [0.05, 0.1) is 11.4 Å². The topological polar surface area (TPSA) is 15.7 Å². The van der Waals surface area contributed by atoms with E-state index in [0.29, 0.717) is 0 Å². The molecule has 0 fully saturated rings. The second kappa shape index (κ2) is 23.6. The molecule has 3 aliphatic rings. The average molecular weight is 1240 g/mol. The van der Waals surface area contributed by atoms with Crippen LogP contribution >= 0.6 is 0 Å². The first-order valence-electron chi connectivity index (χ1n) is 33.7. The molecule has 15 aromatic carbocycles. The largest absolute Gasteiger partial charge is 0.457 e. The van der Waals surface area contributed by atoms with Crippen LogP contribution < -0.4 is 30.9 Å². The van der Waals surface area contributed by atoms with Gasteiger partial charge >= 0.3 is 0 Å². The van der Waals surface area contributed by atoms with Gasteiger partial charge in [-0.05, 0) is 137 Å². The number of fused-ring (bicyclic) bond motifs is 6. The number of hydrogen-bond acceptors (Lipinski definition) is 3. The van der Waals surface area contributed by atoms with Gasteiger partial charge in [0.2, 0.25) is 0 Å². The summed E-state index contributed by atoms with van der Waals surface area (Å²) < 4.78 is 6.86. The average Bonchev–Trinajstić information content (AvgIpc) is 0.686. The lowest BCUT2D eigenvalue weighted by molar-refractivity contribution is 0.418. The van der Waals surface area contributed by atoms with E-state index >= 15 is 0 Å². The quantitative estimate of drug-likeness (QED) is 0.120. The molecule has 456 valence electrons. The first-order chi connectivity index (χ1) is 47.9. The Morgan fingerprint density at radius 3 is 0.948 bits per heavy atom. The zero-order valence-corrected chi connectivity index (χ0v) is 53.9. The molecule has 0 atom stereocenters. The van der Waals surface area contributed by atoms with Crippen molar-refractivity contribution in [2.75, 3.05) is 9.80 Å². The molecule has 3 heterocycles. The number of rotatable bonds is 11. The number of benzene rings is 15. The SMILES string of the molecule is CC1(C)c2ccccc2Oc2ccc(-c3cc4c5c(c3)N(c3c(-c6ccccc6)cccc3-c3ccccc3)c3cc(-c6ccccc6-c6ccccc6)ccc3B5c3ccc(-c5ccccc5-c5ccccc5)cc3N4c3c(-c4ccccc4)cccc3-c3ccccc3)cc21. The highest BCUT2D eigenvalue weighted by molar-refractivity contribution is 7.00. The molecule has 18 rings (SSSR count). The van der Waals surface area contributed by atoms with Crippen LogP contribution in [-0.4, -0.2) is 6.71 Å². The fraction of sp³-hybridized carbons (Fsp3) is 0.0323. The van der Waals surface area contributed by atoms with Crippen LogP contribution in [0.2, 0.25) is 0 Å². The van der Waals surface area contributed by atoms with Crippen molar-refractivity contribution < 1.29 is 4.74 Å². The zero-order chi connectivity index (χ0) is 64.6. The van der Waals surface area contributed by atoms with Gasteiger partial charge in [0.25, 0.3) is 6.71 Å². The minimum atomic E-state index is -0.374. The summed E-state index contributed by atoms with van der Waals surface area (Å²) in [6.07, 6.45) is 0. The maximum Gasteiger partial charge on any atom is 0.252 e. The summed E-state index contributed by atoms with van der Waals surface area (Å²) in [5.74, 6) is 1.77. The van der Waals surface area contributed by atoms with Gasteiger partial charge in [-0.1, -0.05) is 329 Å². The summed E-state index contributed by atoms with van der Waals surface area (Å²) in [7, 11) is 0. The first kappa shape index (κ1) is 57.4. The van der Waals surface area contributed by atoms with Gasteiger partial charge in [-0.3, -0.25) is 0 Å². The van der Waals surface area contributed by atoms with Crippen LogP contribution in [0, 0.1) is 0 Å². The number of anilines is 6. The summed E-state index contributed by atoms with van der Waals surface area (Å²) in [6.45, 7) is 4.44. The highest BCUT2D eigenvalue weighted by Crippen LogP contribution is 2.56. The third-order valence-corrected chi connectivity index (χ3v) is 20.3. The molecule has 0 saturated heterocycles. The Morgan fingerprint density at radius 1 is 0.237 bits per heavy atom. The van der Waals surface area contributed by atoms with Gasteiger partial charge in [0, 0.05) is 61.5 Å². The molecule has 3 aliphatic heterocycles. The second-order valence-corrected chi connectivity index (χ2v) is 26.2. The summed E-state index contributed by atoms with van der Waals surface area (Å²) in [6, 6.07) is 133. The number of para-hydroxylation sites is 3. The van der Waals surface area contributed by atoms with E-state index < -0.39 is 0 Å². The highest BCUT2D eigenvalue weighted by Gasteiger charge is 2.46. The summed E-state index contributed by atoms with van der Waals surface area (Å²) in [5.41, 5.74) is 32.7. The molecule has 15 aromatic rings. The van der Waals surface area contributed by atoms with Crippen LogP contribution in [0.15, 0.2) is 358 Å². The minimum absolute atomic E-state index is 0.242. The first-order valence-corrected chi connectivity index (χ1v) is 33.7. The maximum atomic E-state index is 6.86.